The van der Waals surface area contributed by atoms with Crippen molar-refractivity contribution in [3.8, 4) is 11.8 Å². The van der Waals surface area contributed by atoms with Crippen LogP contribution in [0.25, 0.3) is 0 Å². The number of nitrogens with one attached hydrogen (secondary N) is 1. The lowest BCUT2D eigenvalue weighted by atomic mass is 9.94. The van der Waals surface area contributed by atoms with E-state index in [4.69, 9.17) is 0 Å². The molecule has 0 aliphatic carbocycles. The molecule has 0 unspecified atom stereocenters. The van der Waals surface area contributed by atoms with Crippen LogP contribution in [0.2, 0.25) is 0 Å². The second kappa shape index (κ2) is 5.60. The maximum Gasteiger partial charge on any atom is 0.312 e. The van der Waals surface area contributed by atoms with Gasteiger partial charge in [0, 0.05) is 6.54 Å². The number of hydrogen-bond donors (Lipinski definition) is 1. The van der Waals surface area contributed by atoms with Crippen LogP contribution in [0.5, 0.6) is 0 Å². The van der Waals surface area contributed by atoms with Crippen LogP contribution in [-0.4, -0.2) is 26.2 Å². The molecule has 0 rings (SSSR count). The SMILES string of the molecule is CC#CCNCC(C)(C)C(=O)OC. The highest BCUT2D eigenvalue weighted by Crippen LogP contribution is 2.14. The number of esters is 1. The molecule has 0 bridgehead atoms. The summed E-state index contributed by atoms with van der Waals surface area (Å²) in [6.45, 7) is 6.65. The Hall–Kier alpha value is -1.01. The summed E-state index contributed by atoms with van der Waals surface area (Å²) in [6, 6.07) is 0. The zero-order valence-electron chi connectivity index (χ0n) is 8.73. The monoisotopic (exact) mass is 183 g/mol. The Balaban J connectivity index is 3.86. The largest absolute Gasteiger partial charge is 0.469 e. The summed E-state index contributed by atoms with van der Waals surface area (Å²) < 4.78 is 4.66. The van der Waals surface area contributed by atoms with Crippen molar-refractivity contribution in [1.29, 1.82) is 0 Å². The van der Waals surface area contributed by atoms with Crippen LogP contribution < -0.4 is 5.32 Å². The molecule has 0 aromatic carbocycles. The smallest absolute Gasteiger partial charge is 0.312 e. The Morgan fingerprint density at radius 3 is 2.62 bits per heavy atom. The summed E-state index contributed by atoms with van der Waals surface area (Å²) in [5, 5.41) is 3.07. The molecule has 0 radical (unpaired) electrons. The first kappa shape index (κ1) is 12.0. The summed E-state index contributed by atoms with van der Waals surface area (Å²) in [4.78, 5) is 11.2. The first-order valence-electron chi connectivity index (χ1n) is 4.23. The lowest BCUT2D eigenvalue weighted by molar-refractivity contribution is -0.150. The first-order chi connectivity index (χ1) is 6.04. The molecule has 13 heavy (non-hydrogen) atoms. The molecule has 0 aliphatic rings. The normalized spacial score (nSPS) is 10.2. The number of ether oxygens (including phenoxy) is 1. The predicted octanol–water partition coefficient (Wildman–Crippen LogP) is 0.798. The van der Waals surface area contributed by atoms with Gasteiger partial charge in [-0.3, -0.25) is 4.79 Å². The van der Waals surface area contributed by atoms with Crippen LogP contribution in [0.15, 0.2) is 0 Å². The summed E-state index contributed by atoms with van der Waals surface area (Å²) in [5.41, 5.74) is -0.482. The molecule has 0 aromatic heterocycles. The summed E-state index contributed by atoms with van der Waals surface area (Å²) >= 11 is 0. The van der Waals surface area contributed by atoms with Gasteiger partial charge in [0.1, 0.15) is 0 Å². The van der Waals surface area contributed by atoms with E-state index in [9.17, 15) is 4.79 Å². The van der Waals surface area contributed by atoms with Crippen molar-refractivity contribution < 1.29 is 9.53 Å². The summed E-state index contributed by atoms with van der Waals surface area (Å²) in [5.74, 6) is 5.43. The van der Waals surface area contributed by atoms with E-state index in [1.54, 1.807) is 6.92 Å². The molecular formula is C10H17NO2. The summed E-state index contributed by atoms with van der Waals surface area (Å²) in [6.07, 6.45) is 0. The molecule has 1 N–H and O–H groups in total. The van der Waals surface area contributed by atoms with Gasteiger partial charge in [-0.1, -0.05) is 5.92 Å². The van der Waals surface area contributed by atoms with Gasteiger partial charge in [-0.25, -0.2) is 0 Å². The Morgan fingerprint density at radius 1 is 1.54 bits per heavy atom. The molecule has 3 heteroatoms. The zero-order valence-corrected chi connectivity index (χ0v) is 8.73. The molecule has 0 fully saturated rings. The van der Waals surface area contributed by atoms with Crippen molar-refractivity contribution in [2.45, 2.75) is 20.8 Å². The van der Waals surface area contributed by atoms with Crippen molar-refractivity contribution in [1.82, 2.24) is 5.32 Å². The van der Waals surface area contributed by atoms with Gasteiger partial charge in [-0.15, -0.1) is 5.92 Å². The summed E-state index contributed by atoms with van der Waals surface area (Å²) in [7, 11) is 1.40. The first-order valence-corrected chi connectivity index (χ1v) is 4.23. The molecule has 0 aromatic rings. The number of hydrogen-bond acceptors (Lipinski definition) is 3. The van der Waals surface area contributed by atoms with Gasteiger partial charge in [0.15, 0.2) is 0 Å². The van der Waals surface area contributed by atoms with Gasteiger partial charge < -0.3 is 10.1 Å². The fourth-order valence-corrected chi connectivity index (χ4v) is 0.874. The van der Waals surface area contributed by atoms with Crippen molar-refractivity contribution in [2.75, 3.05) is 20.2 Å². The van der Waals surface area contributed by atoms with E-state index in [0.717, 1.165) is 0 Å². The van der Waals surface area contributed by atoms with E-state index in [1.165, 1.54) is 7.11 Å². The van der Waals surface area contributed by atoms with Gasteiger partial charge in [-0.05, 0) is 20.8 Å². The van der Waals surface area contributed by atoms with E-state index in [2.05, 4.69) is 21.9 Å². The number of carbonyl (C=O) groups excluding carboxylic acids is 1. The minimum atomic E-state index is -0.482. The Labute approximate surface area is 79.8 Å². The van der Waals surface area contributed by atoms with Crippen LogP contribution >= 0.6 is 0 Å². The van der Waals surface area contributed by atoms with Crippen LogP contribution in [0.4, 0.5) is 0 Å². The molecule has 0 amide bonds. The standard InChI is InChI=1S/C10H17NO2/c1-5-6-7-11-8-10(2,3)9(12)13-4/h11H,7-8H2,1-4H3. The minimum absolute atomic E-state index is 0.204. The van der Waals surface area contributed by atoms with Gasteiger partial charge >= 0.3 is 5.97 Å². The van der Waals surface area contributed by atoms with E-state index in [0.29, 0.717) is 13.1 Å². The molecule has 0 saturated carbocycles. The van der Waals surface area contributed by atoms with Gasteiger partial charge in [0.05, 0.1) is 19.1 Å². The highest BCUT2D eigenvalue weighted by molar-refractivity contribution is 5.76. The van der Waals surface area contributed by atoms with Gasteiger partial charge in [-0.2, -0.15) is 0 Å². The minimum Gasteiger partial charge on any atom is -0.469 e. The molecule has 0 spiro atoms. The van der Waals surface area contributed by atoms with Gasteiger partial charge in [0.25, 0.3) is 0 Å². The molecule has 0 atom stereocenters. The third-order valence-electron chi connectivity index (χ3n) is 1.70. The quantitative estimate of drug-likeness (QED) is 0.398. The Kier molecular flexibility index (Phi) is 5.17. The van der Waals surface area contributed by atoms with Crippen molar-refractivity contribution >= 4 is 5.97 Å². The molecule has 0 heterocycles. The third-order valence-corrected chi connectivity index (χ3v) is 1.70. The zero-order chi connectivity index (χ0) is 10.3. The van der Waals surface area contributed by atoms with E-state index in [-0.39, 0.29) is 5.97 Å². The predicted molar refractivity (Wildman–Crippen MR) is 52.1 cm³/mol. The number of carbonyl (C=O) groups is 1. The van der Waals surface area contributed by atoms with E-state index in [1.807, 2.05) is 13.8 Å². The molecule has 0 aliphatic heterocycles. The maximum atomic E-state index is 11.2. The molecule has 0 saturated heterocycles. The molecular weight excluding hydrogens is 166 g/mol. The fraction of sp³-hybridized carbons (Fsp3) is 0.700. The second-order valence-electron chi connectivity index (χ2n) is 3.41. The van der Waals surface area contributed by atoms with Crippen LogP contribution in [-0.2, 0) is 9.53 Å². The van der Waals surface area contributed by atoms with E-state index < -0.39 is 5.41 Å². The van der Waals surface area contributed by atoms with Crippen LogP contribution in [0.3, 0.4) is 0 Å². The highest BCUT2D eigenvalue weighted by atomic mass is 16.5. The number of methoxy groups -OCH3 is 1. The van der Waals surface area contributed by atoms with Gasteiger partial charge in [0.2, 0.25) is 0 Å². The molecule has 3 nitrogen and oxygen atoms in total. The Morgan fingerprint density at radius 2 is 2.15 bits per heavy atom. The van der Waals surface area contributed by atoms with Crippen molar-refractivity contribution in [2.24, 2.45) is 5.41 Å². The topological polar surface area (TPSA) is 38.3 Å². The Bertz CT molecular complexity index is 223. The average Bonchev–Trinajstić information content (AvgIpc) is 2.11. The van der Waals surface area contributed by atoms with Crippen molar-refractivity contribution in [3.63, 3.8) is 0 Å². The van der Waals surface area contributed by atoms with Crippen molar-refractivity contribution in [3.05, 3.63) is 0 Å². The average molecular weight is 183 g/mol. The fourth-order valence-electron chi connectivity index (χ4n) is 0.874. The van der Waals surface area contributed by atoms with Crippen LogP contribution in [0.1, 0.15) is 20.8 Å². The lowest BCUT2D eigenvalue weighted by Gasteiger charge is -2.20. The molecule has 74 valence electrons. The lowest BCUT2D eigenvalue weighted by Crippen LogP contribution is -2.37. The maximum absolute atomic E-state index is 11.2. The van der Waals surface area contributed by atoms with E-state index >= 15 is 0 Å². The highest BCUT2D eigenvalue weighted by Gasteiger charge is 2.27. The number of rotatable bonds is 4. The second-order valence-corrected chi connectivity index (χ2v) is 3.41. The third kappa shape index (κ3) is 4.54. The van der Waals surface area contributed by atoms with Crippen LogP contribution in [0, 0.1) is 17.3 Å².